The fraction of sp³-hybridized carbons (Fsp3) is 0.212. The molecule has 0 aliphatic carbocycles. The second-order valence-electron chi connectivity index (χ2n) is 10.2. The number of aliphatic hydroxyl groups is 1. The number of hydrogen-bond acceptors (Lipinski definition) is 6. The topological polar surface area (TPSA) is 129 Å². The number of amides is 1. The van der Waals surface area contributed by atoms with E-state index in [9.17, 15) is 14.7 Å². The third-order valence-corrected chi connectivity index (χ3v) is 7.84. The van der Waals surface area contributed by atoms with Crippen molar-refractivity contribution in [1.82, 2.24) is 5.32 Å². The molecular weight excluding hydrogens is 620 g/mol. The van der Waals surface area contributed by atoms with E-state index in [2.05, 4.69) is 15.3 Å². The van der Waals surface area contributed by atoms with Crippen molar-refractivity contribution in [2.45, 2.75) is 31.0 Å². The van der Waals surface area contributed by atoms with Gasteiger partial charge in [0.2, 0.25) is 5.90 Å². The number of rotatable bonds is 12. The summed E-state index contributed by atoms with van der Waals surface area (Å²) >= 11 is 12.9. The first kappa shape index (κ1) is 31.8. The largest absolute Gasteiger partial charge is 0.494 e. The minimum Gasteiger partial charge on any atom is -0.494 e. The summed E-state index contributed by atoms with van der Waals surface area (Å²) in [6, 6.07) is 24.8. The molecule has 0 fully saturated rings. The number of azide groups is 1. The van der Waals surface area contributed by atoms with Gasteiger partial charge in [-0.25, -0.2) is 9.38 Å². The van der Waals surface area contributed by atoms with E-state index in [-0.39, 0.29) is 36.1 Å². The van der Waals surface area contributed by atoms with E-state index < -0.39 is 23.4 Å². The molecule has 2 N–H and O–H groups in total. The van der Waals surface area contributed by atoms with Crippen molar-refractivity contribution in [3.63, 3.8) is 0 Å². The van der Waals surface area contributed by atoms with Crippen LogP contribution in [0.4, 0.5) is 10.1 Å². The molecule has 1 amide bonds. The number of hydrogen-bond donors (Lipinski definition) is 2. The second kappa shape index (κ2) is 14.5. The third kappa shape index (κ3) is 7.21. The summed E-state index contributed by atoms with van der Waals surface area (Å²) in [5, 5.41) is 16.4. The van der Waals surface area contributed by atoms with Crippen molar-refractivity contribution in [3.8, 4) is 5.75 Å². The Morgan fingerprint density at radius 2 is 1.80 bits per heavy atom. The lowest BCUT2D eigenvalue weighted by Gasteiger charge is -2.31. The molecule has 0 radical (unpaired) electrons. The molecule has 45 heavy (non-hydrogen) atoms. The van der Waals surface area contributed by atoms with Gasteiger partial charge < -0.3 is 19.9 Å². The average molecular weight is 649 g/mol. The highest BCUT2D eigenvalue weighted by atomic mass is 35.5. The Hall–Kier alpha value is -4.60. The van der Waals surface area contributed by atoms with Crippen LogP contribution in [0, 0.1) is 5.82 Å². The first-order valence-electron chi connectivity index (χ1n) is 14.0. The van der Waals surface area contributed by atoms with Gasteiger partial charge in [-0.1, -0.05) is 76.8 Å². The van der Waals surface area contributed by atoms with E-state index in [1.807, 2.05) is 0 Å². The molecule has 9 nitrogen and oxygen atoms in total. The fourth-order valence-electron chi connectivity index (χ4n) is 5.04. The number of halogens is 3. The Labute approximate surface area is 268 Å². The first-order chi connectivity index (χ1) is 21.8. The zero-order valence-corrected chi connectivity index (χ0v) is 25.4. The molecule has 0 saturated heterocycles. The molecule has 4 aromatic rings. The molecule has 0 spiro atoms. The normalized spacial score (nSPS) is 17.2. The molecule has 1 heterocycles. The molecule has 1 aliphatic rings. The van der Waals surface area contributed by atoms with Gasteiger partial charge >= 0.3 is 0 Å². The summed E-state index contributed by atoms with van der Waals surface area (Å²) in [5.74, 6) is -0.280. The van der Waals surface area contributed by atoms with Crippen molar-refractivity contribution >= 4 is 40.7 Å². The Bertz CT molecular complexity index is 1760. The van der Waals surface area contributed by atoms with E-state index in [0.717, 1.165) is 0 Å². The summed E-state index contributed by atoms with van der Waals surface area (Å²) in [6.07, 6.45) is -0.624. The Balaban J connectivity index is 1.63. The standard InChI is InChI=1S/C33H28Cl2FN5O4/c34-24-12-15-26(27(35)18-24)30-33(19-22-6-2-4-9-29(22)40-41-37,32(43)38-20-23-7-1-3-8-28(23)36)39-31(45-30)21-10-13-25(14-11-21)44-17-5-16-42/h1-4,6-15,18,30,42H,5,16-17,19-20H2,(H,38,43)/t30-,33-/m1/s1. The second-order valence-corrected chi connectivity index (χ2v) is 11.1. The fourth-order valence-corrected chi connectivity index (χ4v) is 5.55. The lowest BCUT2D eigenvalue weighted by atomic mass is 9.81. The number of ether oxygens (including phenoxy) is 2. The number of aliphatic hydroxyl groups excluding tert-OH is 1. The predicted molar refractivity (Wildman–Crippen MR) is 170 cm³/mol. The maximum absolute atomic E-state index is 14.5. The molecule has 0 bridgehead atoms. The van der Waals surface area contributed by atoms with Crippen molar-refractivity contribution in [1.29, 1.82) is 0 Å². The van der Waals surface area contributed by atoms with Gasteiger partial charge in [-0.05, 0) is 53.6 Å². The monoisotopic (exact) mass is 647 g/mol. The number of aliphatic imine (C=N–C) groups is 1. The Morgan fingerprint density at radius 3 is 2.51 bits per heavy atom. The summed E-state index contributed by atoms with van der Waals surface area (Å²) in [6.45, 7) is 0.249. The quantitative estimate of drug-likeness (QED) is 0.0708. The molecule has 0 aromatic heterocycles. The van der Waals surface area contributed by atoms with Crippen molar-refractivity contribution < 1.29 is 23.8 Å². The van der Waals surface area contributed by atoms with Gasteiger partial charge in [-0.3, -0.25) is 4.79 Å². The Morgan fingerprint density at radius 1 is 1.07 bits per heavy atom. The van der Waals surface area contributed by atoms with Crippen molar-refractivity contribution in [3.05, 3.63) is 140 Å². The molecular formula is C33H28Cl2FN5O4. The Kier molecular flexibility index (Phi) is 10.2. The van der Waals surface area contributed by atoms with Crippen LogP contribution in [0.15, 0.2) is 101 Å². The molecule has 1 aliphatic heterocycles. The van der Waals surface area contributed by atoms with Gasteiger partial charge in [0, 0.05) is 63.3 Å². The zero-order valence-electron chi connectivity index (χ0n) is 23.9. The van der Waals surface area contributed by atoms with Gasteiger partial charge in [-0.15, -0.1) is 0 Å². The van der Waals surface area contributed by atoms with Gasteiger partial charge in [0.15, 0.2) is 11.6 Å². The average Bonchev–Trinajstić information content (AvgIpc) is 3.42. The van der Waals surface area contributed by atoms with E-state index in [0.29, 0.717) is 46.2 Å². The summed E-state index contributed by atoms with van der Waals surface area (Å²) in [7, 11) is 0. The summed E-state index contributed by atoms with van der Waals surface area (Å²) in [5.41, 5.74) is 9.69. The lowest BCUT2D eigenvalue weighted by molar-refractivity contribution is -0.129. The molecule has 0 unspecified atom stereocenters. The summed E-state index contributed by atoms with van der Waals surface area (Å²) in [4.78, 5) is 22.3. The number of carbonyl (C=O) groups is 1. The maximum atomic E-state index is 14.5. The van der Waals surface area contributed by atoms with Crippen LogP contribution in [0.1, 0.15) is 34.8 Å². The SMILES string of the molecule is [N-]=[N+]=Nc1ccccc1C[C@@]1(C(=O)NCc2ccccc2F)N=C(c2ccc(OCCCO)cc2)O[C@@H]1c1ccc(Cl)cc1Cl. The van der Waals surface area contributed by atoms with Crippen LogP contribution in [-0.4, -0.2) is 35.7 Å². The van der Waals surface area contributed by atoms with E-state index in [1.165, 1.54) is 6.07 Å². The van der Waals surface area contributed by atoms with Gasteiger partial charge in [0.05, 0.1) is 6.61 Å². The smallest absolute Gasteiger partial charge is 0.252 e. The number of nitrogens with zero attached hydrogens (tertiary/aromatic N) is 4. The zero-order chi connectivity index (χ0) is 31.8. The molecule has 12 heteroatoms. The third-order valence-electron chi connectivity index (χ3n) is 7.28. The van der Waals surface area contributed by atoms with E-state index in [1.54, 1.807) is 84.9 Å². The van der Waals surface area contributed by atoms with Crippen LogP contribution >= 0.6 is 23.2 Å². The van der Waals surface area contributed by atoms with Gasteiger partial charge in [0.1, 0.15) is 11.6 Å². The highest BCUT2D eigenvalue weighted by Crippen LogP contribution is 2.46. The number of nitrogens with one attached hydrogen (secondary N) is 1. The number of carbonyl (C=O) groups excluding carboxylic acids is 1. The molecule has 4 aromatic carbocycles. The van der Waals surface area contributed by atoms with Crippen molar-refractivity contribution in [2.24, 2.45) is 10.1 Å². The van der Waals surface area contributed by atoms with Crippen LogP contribution in [-0.2, 0) is 22.5 Å². The lowest BCUT2D eigenvalue weighted by Crippen LogP contribution is -2.49. The molecule has 230 valence electrons. The maximum Gasteiger partial charge on any atom is 0.252 e. The van der Waals surface area contributed by atoms with Crippen LogP contribution in [0.25, 0.3) is 10.4 Å². The molecule has 5 rings (SSSR count). The first-order valence-corrected chi connectivity index (χ1v) is 14.8. The van der Waals surface area contributed by atoms with Gasteiger partial charge in [0.25, 0.3) is 5.91 Å². The minimum atomic E-state index is -1.69. The van der Waals surface area contributed by atoms with Crippen LogP contribution in [0.3, 0.4) is 0 Å². The summed E-state index contributed by atoms with van der Waals surface area (Å²) < 4.78 is 26.7. The minimum absolute atomic E-state index is 0.0151. The van der Waals surface area contributed by atoms with Crippen LogP contribution in [0.5, 0.6) is 5.75 Å². The predicted octanol–water partition coefficient (Wildman–Crippen LogP) is 7.65. The van der Waals surface area contributed by atoms with Crippen LogP contribution in [0.2, 0.25) is 10.0 Å². The van der Waals surface area contributed by atoms with E-state index in [4.69, 9.17) is 42.8 Å². The number of benzene rings is 4. The highest BCUT2D eigenvalue weighted by Gasteiger charge is 2.54. The molecule has 2 atom stereocenters. The van der Waals surface area contributed by atoms with E-state index >= 15 is 0 Å². The van der Waals surface area contributed by atoms with Gasteiger partial charge in [-0.2, -0.15) is 0 Å². The van der Waals surface area contributed by atoms with Crippen molar-refractivity contribution in [2.75, 3.05) is 13.2 Å². The molecule has 0 saturated carbocycles. The van der Waals surface area contributed by atoms with Crippen LogP contribution < -0.4 is 10.1 Å². The highest BCUT2D eigenvalue weighted by molar-refractivity contribution is 6.35.